The number of benzene rings is 1. The Balaban J connectivity index is 1.27. The van der Waals surface area contributed by atoms with Crippen molar-refractivity contribution < 1.29 is 9.59 Å². The number of fused-ring (bicyclic) bond motifs is 1. The lowest BCUT2D eigenvalue weighted by Gasteiger charge is -2.13. The van der Waals surface area contributed by atoms with Crippen LogP contribution in [0.5, 0.6) is 0 Å². The topological polar surface area (TPSA) is 113 Å². The van der Waals surface area contributed by atoms with Crippen LogP contribution in [0.3, 0.4) is 0 Å². The molecule has 28 heavy (non-hydrogen) atoms. The lowest BCUT2D eigenvalue weighted by Crippen LogP contribution is -2.41. The number of hydrogen-bond acceptors (Lipinski definition) is 5. The van der Waals surface area contributed by atoms with Crippen molar-refractivity contribution in [2.75, 3.05) is 5.32 Å². The van der Waals surface area contributed by atoms with E-state index < -0.39 is 6.04 Å². The molecular formula is C19H19BrN6O2. The first kappa shape index (κ1) is 18.5. The van der Waals surface area contributed by atoms with E-state index in [0.29, 0.717) is 16.8 Å². The van der Waals surface area contributed by atoms with Crippen molar-refractivity contribution in [3.8, 4) is 0 Å². The Morgan fingerprint density at radius 2 is 2.11 bits per heavy atom. The van der Waals surface area contributed by atoms with Crippen molar-refractivity contribution in [1.82, 2.24) is 25.3 Å². The number of imidazole rings is 1. The second-order valence-electron chi connectivity index (χ2n) is 6.95. The molecule has 4 rings (SSSR count). The van der Waals surface area contributed by atoms with E-state index in [2.05, 4.69) is 46.5 Å². The molecule has 2 heterocycles. The number of nitrogens with zero attached hydrogens (tertiary/aromatic N) is 3. The van der Waals surface area contributed by atoms with Crippen LogP contribution in [0.15, 0.2) is 41.3 Å². The summed E-state index contributed by atoms with van der Waals surface area (Å²) in [4.78, 5) is 40.5. The molecular weight excluding hydrogens is 424 g/mol. The van der Waals surface area contributed by atoms with Gasteiger partial charge in [-0.2, -0.15) is 0 Å². The number of nitrogens with one attached hydrogen (secondary N) is 3. The van der Waals surface area contributed by atoms with Crippen molar-refractivity contribution in [1.29, 1.82) is 0 Å². The Labute approximate surface area is 169 Å². The summed E-state index contributed by atoms with van der Waals surface area (Å²) in [7, 11) is 0. The van der Waals surface area contributed by atoms with Gasteiger partial charge in [0.1, 0.15) is 16.5 Å². The first-order valence-corrected chi connectivity index (χ1v) is 9.81. The van der Waals surface area contributed by atoms with Crippen LogP contribution >= 0.6 is 15.9 Å². The van der Waals surface area contributed by atoms with Crippen LogP contribution in [-0.2, 0) is 9.59 Å². The number of para-hydroxylation sites is 2. The summed E-state index contributed by atoms with van der Waals surface area (Å²) in [5.74, 6) is 1.29. The highest BCUT2D eigenvalue weighted by molar-refractivity contribution is 9.10. The zero-order valence-corrected chi connectivity index (χ0v) is 16.7. The Kier molecular flexibility index (Phi) is 5.08. The van der Waals surface area contributed by atoms with Crippen LogP contribution in [-0.4, -0.2) is 37.8 Å². The molecule has 0 bridgehead atoms. The molecule has 1 aliphatic rings. The predicted molar refractivity (Wildman–Crippen MR) is 108 cm³/mol. The van der Waals surface area contributed by atoms with Crippen molar-refractivity contribution in [2.24, 2.45) is 5.92 Å². The molecule has 144 valence electrons. The van der Waals surface area contributed by atoms with Gasteiger partial charge in [0.25, 0.3) is 0 Å². The van der Waals surface area contributed by atoms with Crippen LogP contribution < -0.4 is 10.6 Å². The third-order valence-electron chi connectivity index (χ3n) is 4.77. The molecule has 1 aromatic carbocycles. The molecule has 0 spiro atoms. The van der Waals surface area contributed by atoms with Crippen LogP contribution in [0.2, 0.25) is 0 Å². The summed E-state index contributed by atoms with van der Waals surface area (Å²) in [5.41, 5.74) is 1.95. The van der Waals surface area contributed by atoms with Crippen molar-refractivity contribution in [2.45, 2.75) is 31.7 Å². The number of carbonyl (C=O) groups excluding carboxylic acids is 2. The third kappa shape index (κ3) is 4.19. The summed E-state index contributed by atoms with van der Waals surface area (Å²) < 4.78 is 0.579. The van der Waals surface area contributed by atoms with Gasteiger partial charge in [-0.1, -0.05) is 12.1 Å². The van der Waals surface area contributed by atoms with E-state index in [4.69, 9.17) is 0 Å². The van der Waals surface area contributed by atoms with Gasteiger partial charge in [-0.3, -0.25) is 9.59 Å². The molecule has 8 nitrogen and oxygen atoms in total. The van der Waals surface area contributed by atoms with E-state index in [9.17, 15) is 9.59 Å². The van der Waals surface area contributed by atoms with E-state index in [1.165, 1.54) is 12.4 Å². The van der Waals surface area contributed by atoms with Crippen molar-refractivity contribution in [3.05, 3.63) is 47.1 Å². The Morgan fingerprint density at radius 1 is 1.29 bits per heavy atom. The average molecular weight is 443 g/mol. The lowest BCUT2D eigenvalue weighted by molar-refractivity contribution is -0.126. The predicted octanol–water partition coefficient (Wildman–Crippen LogP) is 2.75. The normalized spacial score (nSPS) is 19.2. The maximum absolute atomic E-state index is 12.3. The number of aromatic nitrogens is 4. The molecule has 9 heteroatoms. The SMILES string of the molecule is C[C@@H](NC(=O)C[C@@H]1C[C@@H]1c1nc2ccccc2[nH]1)C(=O)Nc1cnc(Br)cn1. The highest BCUT2D eigenvalue weighted by Gasteiger charge is 2.42. The summed E-state index contributed by atoms with van der Waals surface area (Å²) in [6.07, 6.45) is 4.22. The Hall–Kier alpha value is -2.81. The van der Waals surface area contributed by atoms with Gasteiger partial charge in [-0.05, 0) is 47.3 Å². The highest BCUT2D eigenvalue weighted by atomic mass is 79.9. The maximum Gasteiger partial charge on any atom is 0.247 e. The van der Waals surface area contributed by atoms with E-state index in [1.54, 1.807) is 6.92 Å². The molecule has 1 aliphatic carbocycles. The van der Waals surface area contributed by atoms with E-state index in [1.807, 2.05) is 24.3 Å². The van der Waals surface area contributed by atoms with Crippen molar-refractivity contribution >= 4 is 44.6 Å². The minimum absolute atomic E-state index is 0.145. The van der Waals surface area contributed by atoms with Gasteiger partial charge in [-0.15, -0.1) is 0 Å². The molecule has 1 fully saturated rings. The highest BCUT2D eigenvalue weighted by Crippen LogP contribution is 2.48. The summed E-state index contributed by atoms with van der Waals surface area (Å²) in [6, 6.07) is 7.22. The standard InChI is InChI=1S/C19H19BrN6O2/c1-10(19(28)26-16-9-21-15(20)8-22-16)23-17(27)7-11-6-12(11)18-24-13-4-2-3-5-14(13)25-18/h2-5,8-12H,6-7H2,1H3,(H,23,27)(H,24,25)(H,22,26,28)/t10-,11+,12+/m1/s1. The molecule has 3 atom stereocenters. The molecule has 2 aromatic heterocycles. The number of carbonyl (C=O) groups is 2. The monoisotopic (exact) mass is 442 g/mol. The average Bonchev–Trinajstić information content (AvgIpc) is 3.29. The molecule has 3 N–H and O–H groups in total. The fourth-order valence-electron chi connectivity index (χ4n) is 3.17. The van der Waals surface area contributed by atoms with Crippen LogP contribution in [0.1, 0.15) is 31.5 Å². The van der Waals surface area contributed by atoms with Gasteiger partial charge in [0, 0.05) is 12.3 Å². The zero-order chi connectivity index (χ0) is 19.7. The number of halogens is 1. The number of rotatable bonds is 6. The van der Waals surface area contributed by atoms with E-state index in [-0.39, 0.29) is 23.7 Å². The van der Waals surface area contributed by atoms with Crippen molar-refractivity contribution in [3.63, 3.8) is 0 Å². The fraction of sp³-hybridized carbons (Fsp3) is 0.316. The maximum atomic E-state index is 12.3. The third-order valence-corrected chi connectivity index (χ3v) is 5.18. The molecule has 2 amide bonds. The zero-order valence-electron chi connectivity index (χ0n) is 15.1. The minimum Gasteiger partial charge on any atom is -0.345 e. The molecule has 0 aliphatic heterocycles. The first-order valence-electron chi connectivity index (χ1n) is 9.02. The molecule has 1 saturated carbocycles. The summed E-state index contributed by atoms with van der Waals surface area (Å²) in [5, 5.41) is 5.37. The van der Waals surface area contributed by atoms with Gasteiger partial charge in [0.15, 0.2) is 5.82 Å². The number of amides is 2. The van der Waals surface area contributed by atoms with E-state index >= 15 is 0 Å². The number of H-pyrrole nitrogens is 1. The molecule has 0 radical (unpaired) electrons. The quantitative estimate of drug-likeness (QED) is 0.543. The van der Waals surface area contributed by atoms with Gasteiger partial charge in [0.05, 0.1) is 23.4 Å². The molecule has 0 unspecified atom stereocenters. The molecule has 3 aromatic rings. The minimum atomic E-state index is -0.665. The number of hydrogen-bond donors (Lipinski definition) is 3. The van der Waals surface area contributed by atoms with Gasteiger partial charge in [0.2, 0.25) is 11.8 Å². The summed E-state index contributed by atoms with van der Waals surface area (Å²) in [6.45, 7) is 1.64. The van der Waals surface area contributed by atoms with E-state index in [0.717, 1.165) is 23.3 Å². The Bertz CT molecular complexity index is 986. The molecule has 0 saturated heterocycles. The second-order valence-corrected chi connectivity index (χ2v) is 7.76. The first-order chi connectivity index (χ1) is 13.5. The summed E-state index contributed by atoms with van der Waals surface area (Å²) >= 11 is 3.18. The van der Waals surface area contributed by atoms with Gasteiger partial charge >= 0.3 is 0 Å². The van der Waals surface area contributed by atoms with Crippen LogP contribution in [0.25, 0.3) is 11.0 Å². The smallest absolute Gasteiger partial charge is 0.247 e. The fourth-order valence-corrected chi connectivity index (χ4v) is 3.38. The number of aromatic amines is 1. The van der Waals surface area contributed by atoms with Crippen LogP contribution in [0.4, 0.5) is 5.82 Å². The van der Waals surface area contributed by atoms with Crippen LogP contribution in [0, 0.1) is 5.92 Å². The Morgan fingerprint density at radius 3 is 2.86 bits per heavy atom. The second kappa shape index (κ2) is 7.67. The lowest BCUT2D eigenvalue weighted by atomic mass is 10.2. The number of anilines is 1. The largest absolute Gasteiger partial charge is 0.345 e. The van der Waals surface area contributed by atoms with Gasteiger partial charge in [-0.25, -0.2) is 15.0 Å². The van der Waals surface area contributed by atoms with Gasteiger partial charge < -0.3 is 15.6 Å².